The number of phosphoric ester groups is 2. The van der Waals surface area contributed by atoms with Crippen LogP contribution in [-0.4, -0.2) is 96.7 Å². The third kappa shape index (κ3) is 78.0. The number of rotatable bonds is 83. The maximum absolute atomic E-state index is 13.1. The van der Waals surface area contributed by atoms with Crippen molar-refractivity contribution in [3.8, 4) is 0 Å². The van der Waals surface area contributed by atoms with Gasteiger partial charge in [-0.3, -0.25) is 37.3 Å². The lowest BCUT2D eigenvalue weighted by Gasteiger charge is -2.21. The van der Waals surface area contributed by atoms with Crippen LogP contribution in [0.4, 0.5) is 0 Å². The minimum atomic E-state index is -4.96. The number of unbranched alkanes of at least 4 members (excludes halogenated alkanes) is 53. The SMILES string of the molecule is CCCCCCCCCCCCCCCCCCCCCCC(=O)O[C@H](COC(=O)CCCCCCCCCCCCCCCCCC(C)C)COP(=O)(O)OC[C@@H](O)COP(=O)(O)OC[C@@H](COC(=O)CCCCCCCCCCCC)OC(=O)CCCCCCCCCCCCCCC(C)C. The van der Waals surface area contributed by atoms with E-state index in [0.29, 0.717) is 25.7 Å². The van der Waals surface area contributed by atoms with Gasteiger partial charge in [0.05, 0.1) is 26.4 Å². The van der Waals surface area contributed by atoms with Crippen LogP contribution in [0.1, 0.15) is 446 Å². The van der Waals surface area contributed by atoms with E-state index in [0.717, 1.165) is 102 Å². The molecule has 612 valence electrons. The van der Waals surface area contributed by atoms with Gasteiger partial charge in [-0.05, 0) is 37.5 Å². The van der Waals surface area contributed by atoms with E-state index >= 15 is 0 Å². The van der Waals surface area contributed by atoms with Crippen molar-refractivity contribution in [2.24, 2.45) is 11.8 Å². The van der Waals surface area contributed by atoms with Crippen molar-refractivity contribution in [2.45, 2.75) is 464 Å². The van der Waals surface area contributed by atoms with Gasteiger partial charge in [0.2, 0.25) is 0 Å². The zero-order valence-electron chi connectivity index (χ0n) is 67.6. The van der Waals surface area contributed by atoms with Gasteiger partial charge in [0, 0.05) is 25.7 Å². The summed E-state index contributed by atoms with van der Waals surface area (Å²) in [5.41, 5.74) is 0. The van der Waals surface area contributed by atoms with Crippen LogP contribution in [0, 0.1) is 11.8 Å². The van der Waals surface area contributed by atoms with Crippen LogP contribution in [0.25, 0.3) is 0 Å². The lowest BCUT2D eigenvalue weighted by atomic mass is 10.0. The third-order valence-electron chi connectivity index (χ3n) is 19.7. The highest BCUT2D eigenvalue weighted by Crippen LogP contribution is 2.45. The summed E-state index contributed by atoms with van der Waals surface area (Å²) < 4.78 is 68.8. The van der Waals surface area contributed by atoms with Gasteiger partial charge in [0.1, 0.15) is 19.3 Å². The summed E-state index contributed by atoms with van der Waals surface area (Å²) >= 11 is 0. The first-order valence-electron chi connectivity index (χ1n) is 43.5. The number of phosphoric acid groups is 2. The summed E-state index contributed by atoms with van der Waals surface area (Å²) in [5, 5.41) is 10.7. The van der Waals surface area contributed by atoms with Gasteiger partial charge < -0.3 is 33.8 Å². The van der Waals surface area contributed by atoms with E-state index in [9.17, 15) is 43.2 Å². The van der Waals surface area contributed by atoms with Gasteiger partial charge in [0.25, 0.3) is 0 Å². The molecule has 2 unspecified atom stereocenters. The minimum Gasteiger partial charge on any atom is -0.462 e. The molecule has 0 spiro atoms. The summed E-state index contributed by atoms with van der Waals surface area (Å²) in [6, 6.07) is 0. The van der Waals surface area contributed by atoms with E-state index in [2.05, 4.69) is 41.5 Å². The molecule has 0 aliphatic heterocycles. The van der Waals surface area contributed by atoms with E-state index in [1.165, 1.54) is 263 Å². The molecule has 0 aromatic carbocycles. The van der Waals surface area contributed by atoms with Crippen LogP contribution >= 0.6 is 15.6 Å². The standard InChI is InChI=1S/C84H164O17P2/c1-7-9-11-13-15-17-19-20-21-22-23-24-25-28-32-38-44-50-56-62-68-83(88)101-80(73-95-82(87)67-61-55-49-43-37-31-29-26-27-30-35-40-46-52-58-64-76(3)4)75-99-103(92,93)97-71-78(85)70-96-102(90,91)98-74-79(72-94-81(86)66-60-54-48-42-18-16-14-12-10-8-2)100-84(89)69-63-57-51-45-39-34-33-36-41-47-53-59-65-77(5)6/h76-80,85H,7-75H2,1-6H3,(H,90,91)(H,92,93)/t78-,79+,80+/m0/s1. The number of aliphatic hydroxyl groups excluding tert-OH is 1. The molecule has 0 aliphatic rings. The molecule has 0 radical (unpaired) electrons. The van der Waals surface area contributed by atoms with Crippen LogP contribution < -0.4 is 0 Å². The normalized spacial score (nSPS) is 13.9. The van der Waals surface area contributed by atoms with Crippen LogP contribution in [-0.2, 0) is 65.4 Å². The predicted molar refractivity (Wildman–Crippen MR) is 423 cm³/mol. The Morgan fingerprint density at radius 3 is 0.660 bits per heavy atom. The molecule has 0 aromatic heterocycles. The molecule has 3 N–H and O–H groups in total. The molecule has 0 rings (SSSR count). The van der Waals surface area contributed by atoms with Gasteiger partial charge in [0.15, 0.2) is 12.2 Å². The molecule has 19 heteroatoms. The number of carbonyl (C=O) groups is 4. The van der Waals surface area contributed by atoms with Crippen molar-refractivity contribution < 1.29 is 80.2 Å². The van der Waals surface area contributed by atoms with Crippen LogP contribution in [0.2, 0.25) is 0 Å². The van der Waals surface area contributed by atoms with E-state index in [1.54, 1.807) is 0 Å². The maximum atomic E-state index is 13.1. The predicted octanol–water partition coefficient (Wildman–Crippen LogP) is 25.5. The number of carbonyl (C=O) groups excluding carboxylic acids is 4. The number of ether oxygens (including phenoxy) is 4. The van der Waals surface area contributed by atoms with Crippen molar-refractivity contribution in [1.29, 1.82) is 0 Å². The molecule has 5 atom stereocenters. The maximum Gasteiger partial charge on any atom is 0.472 e. The van der Waals surface area contributed by atoms with Gasteiger partial charge in [-0.25, -0.2) is 9.13 Å². The quantitative estimate of drug-likeness (QED) is 0.0222. The highest BCUT2D eigenvalue weighted by Gasteiger charge is 2.30. The zero-order chi connectivity index (χ0) is 75.6. The van der Waals surface area contributed by atoms with Crippen molar-refractivity contribution in [2.75, 3.05) is 39.6 Å². The Labute approximate surface area is 632 Å². The Bertz CT molecular complexity index is 1980. The van der Waals surface area contributed by atoms with Gasteiger partial charge >= 0.3 is 39.5 Å². The number of hydrogen-bond donors (Lipinski definition) is 3. The Morgan fingerprint density at radius 2 is 0.447 bits per heavy atom. The number of hydrogen-bond acceptors (Lipinski definition) is 15. The molecule has 0 saturated carbocycles. The van der Waals surface area contributed by atoms with Crippen LogP contribution in [0.5, 0.6) is 0 Å². The average Bonchev–Trinajstić information content (AvgIpc) is 0.916. The lowest BCUT2D eigenvalue weighted by molar-refractivity contribution is -0.161. The summed E-state index contributed by atoms with van der Waals surface area (Å²) in [7, 11) is -9.92. The smallest absolute Gasteiger partial charge is 0.462 e. The molecular formula is C84H164O17P2. The first-order valence-corrected chi connectivity index (χ1v) is 46.5. The van der Waals surface area contributed by atoms with Crippen molar-refractivity contribution in [1.82, 2.24) is 0 Å². The van der Waals surface area contributed by atoms with E-state index in [-0.39, 0.29) is 25.7 Å². The number of esters is 4. The number of aliphatic hydroxyl groups is 1. The summed E-state index contributed by atoms with van der Waals surface area (Å²) in [5.74, 6) is -0.521. The topological polar surface area (TPSA) is 237 Å². The molecule has 0 bridgehead atoms. The van der Waals surface area contributed by atoms with Crippen molar-refractivity contribution in [3.63, 3.8) is 0 Å². The van der Waals surface area contributed by atoms with Crippen molar-refractivity contribution >= 4 is 39.5 Å². The zero-order valence-corrected chi connectivity index (χ0v) is 69.4. The largest absolute Gasteiger partial charge is 0.472 e. The Hall–Kier alpha value is -1.94. The van der Waals surface area contributed by atoms with Gasteiger partial charge in [-0.15, -0.1) is 0 Å². The lowest BCUT2D eigenvalue weighted by Crippen LogP contribution is -2.30. The summed E-state index contributed by atoms with van der Waals surface area (Å²) in [6.07, 6.45) is 66.6. The van der Waals surface area contributed by atoms with Crippen molar-refractivity contribution in [3.05, 3.63) is 0 Å². The van der Waals surface area contributed by atoms with E-state index in [1.807, 2.05) is 0 Å². The fourth-order valence-corrected chi connectivity index (χ4v) is 14.6. The second-order valence-corrected chi connectivity index (χ2v) is 34.1. The second-order valence-electron chi connectivity index (χ2n) is 31.2. The molecule has 0 aliphatic carbocycles. The first kappa shape index (κ1) is 101. The van der Waals surface area contributed by atoms with E-state index < -0.39 is 97.5 Å². The Morgan fingerprint density at radius 1 is 0.262 bits per heavy atom. The molecule has 0 amide bonds. The molecular weight excluding hydrogens is 1340 g/mol. The van der Waals surface area contributed by atoms with Crippen LogP contribution in [0.15, 0.2) is 0 Å². The summed E-state index contributed by atoms with van der Waals surface area (Å²) in [4.78, 5) is 73.1. The molecule has 0 fully saturated rings. The highest BCUT2D eigenvalue weighted by molar-refractivity contribution is 7.47. The summed E-state index contributed by atoms with van der Waals surface area (Å²) in [6.45, 7) is 9.69. The molecule has 17 nitrogen and oxygen atoms in total. The Kier molecular flexibility index (Phi) is 74.1. The molecule has 0 aromatic rings. The third-order valence-corrected chi connectivity index (χ3v) is 21.6. The minimum absolute atomic E-state index is 0.107. The molecule has 0 heterocycles. The monoisotopic (exact) mass is 1510 g/mol. The second kappa shape index (κ2) is 75.5. The molecule has 103 heavy (non-hydrogen) atoms. The van der Waals surface area contributed by atoms with E-state index in [4.69, 9.17) is 37.0 Å². The highest BCUT2D eigenvalue weighted by atomic mass is 31.2. The van der Waals surface area contributed by atoms with Crippen LogP contribution in [0.3, 0.4) is 0 Å². The Balaban J connectivity index is 5.23. The van der Waals surface area contributed by atoms with Gasteiger partial charge in [-0.2, -0.15) is 0 Å². The fraction of sp³-hybridized carbons (Fsp3) is 0.952. The fourth-order valence-electron chi connectivity index (χ4n) is 13.1. The molecule has 0 saturated heterocycles. The van der Waals surface area contributed by atoms with Gasteiger partial charge in [-0.1, -0.05) is 395 Å². The first-order chi connectivity index (χ1) is 49.9. The average molecular weight is 1510 g/mol.